The van der Waals surface area contributed by atoms with Crippen molar-refractivity contribution >= 4 is 17.4 Å². The number of aromatic nitrogens is 4. The van der Waals surface area contributed by atoms with Gasteiger partial charge in [0, 0.05) is 5.56 Å². The van der Waals surface area contributed by atoms with Crippen LogP contribution in [0.4, 0.5) is 10.2 Å². The molecule has 5 heterocycles. The van der Waals surface area contributed by atoms with Crippen LogP contribution in [-0.4, -0.2) is 44.7 Å². The van der Waals surface area contributed by atoms with Gasteiger partial charge in [-0.1, -0.05) is 6.58 Å². The van der Waals surface area contributed by atoms with Crippen LogP contribution in [0, 0.1) is 5.82 Å². The molecule has 0 aromatic carbocycles. The summed E-state index contributed by atoms with van der Waals surface area (Å²) in [5, 5.41) is 7.07. The fourth-order valence-corrected chi connectivity index (χ4v) is 3.35. The Morgan fingerprint density at radius 3 is 3.07 bits per heavy atom. The van der Waals surface area contributed by atoms with Gasteiger partial charge >= 0.3 is 0 Å². The van der Waals surface area contributed by atoms with Crippen LogP contribution in [0.3, 0.4) is 0 Å². The van der Waals surface area contributed by atoms with E-state index in [1.807, 2.05) is 0 Å². The van der Waals surface area contributed by atoms with E-state index in [1.54, 1.807) is 18.0 Å². The predicted octanol–water partition coefficient (Wildman–Crippen LogP) is 1.69. The third-order valence-electron chi connectivity index (χ3n) is 4.79. The number of anilines is 1. The van der Waals surface area contributed by atoms with E-state index in [-0.39, 0.29) is 37.6 Å². The second kappa shape index (κ2) is 6.43. The third-order valence-corrected chi connectivity index (χ3v) is 4.79. The first-order valence-corrected chi connectivity index (χ1v) is 9.04. The van der Waals surface area contributed by atoms with Crippen LogP contribution in [0.2, 0.25) is 0 Å². The first kappa shape index (κ1) is 17.4. The predicted molar refractivity (Wildman–Crippen MR) is 100 cm³/mol. The van der Waals surface area contributed by atoms with E-state index in [4.69, 9.17) is 9.47 Å². The van der Waals surface area contributed by atoms with Crippen molar-refractivity contribution in [2.24, 2.45) is 0 Å². The summed E-state index contributed by atoms with van der Waals surface area (Å²) in [5.41, 5.74) is 1.89. The lowest BCUT2D eigenvalue weighted by molar-refractivity contribution is 0.0927. The fraction of sp³-hybridized carbons (Fsp3) is 0.263. The molecule has 29 heavy (non-hydrogen) atoms. The van der Waals surface area contributed by atoms with Crippen LogP contribution < -0.4 is 19.7 Å². The number of hydrogen-bond donors (Lipinski definition) is 1. The van der Waals surface area contributed by atoms with Gasteiger partial charge in [0.1, 0.15) is 24.6 Å². The zero-order valence-electron chi connectivity index (χ0n) is 15.6. The van der Waals surface area contributed by atoms with Gasteiger partial charge < -0.3 is 19.7 Å². The first-order valence-electron chi connectivity index (χ1n) is 9.04. The molecule has 0 saturated heterocycles. The number of halogens is 1. The highest BCUT2D eigenvalue weighted by Crippen LogP contribution is 2.36. The van der Waals surface area contributed by atoms with Crippen LogP contribution in [-0.2, 0) is 6.54 Å². The molecule has 2 bridgehead atoms. The van der Waals surface area contributed by atoms with Gasteiger partial charge in [0.15, 0.2) is 17.2 Å². The molecule has 5 rings (SSSR count). The summed E-state index contributed by atoms with van der Waals surface area (Å²) < 4.78 is 26.9. The van der Waals surface area contributed by atoms with Crippen LogP contribution in [0.5, 0.6) is 11.6 Å². The van der Waals surface area contributed by atoms with E-state index in [2.05, 4.69) is 27.0 Å². The molecule has 0 saturated carbocycles. The van der Waals surface area contributed by atoms with Gasteiger partial charge in [0.25, 0.3) is 5.91 Å². The summed E-state index contributed by atoms with van der Waals surface area (Å²) in [7, 11) is 0. The maximum atomic E-state index is 13.9. The number of carbonyl (C=O) groups excluding carboxylic acids is 1. The molecule has 148 valence electrons. The number of ether oxygens (including phenoxy) is 2. The topological polar surface area (TPSA) is 93.9 Å². The molecule has 1 amide bonds. The number of rotatable bonds is 0. The summed E-state index contributed by atoms with van der Waals surface area (Å²) in [4.78, 5) is 23.2. The molecule has 9 nitrogen and oxygen atoms in total. The standard InChI is InChI=1S/C19H17FN6O3/c1-10-8-29-19-12(3-13(20)4-21-19)6-25-11(2)9-28-15-7-26-16(24-17(15)25)14(5-22-26)18(27)23-10/h3-5,7,10H,2,6,8-9H2,1H3,(H,23,27)/t10-/m1/s1. The highest BCUT2D eigenvalue weighted by molar-refractivity contribution is 6.00. The van der Waals surface area contributed by atoms with Crippen molar-refractivity contribution < 1.29 is 18.7 Å². The Labute approximate surface area is 164 Å². The van der Waals surface area contributed by atoms with Crippen molar-refractivity contribution in [1.29, 1.82) is 0 Å². The van der Waals surface area contributed by atoms with Crippen molar-refractivity contribution in [1.82, 2.24) is 24.9 Å². The zero-order valence-corrected chi connectivity index (χ0v) is 15.6. The van der Waals surface area contributed by atoms with Crippen molar-refractivity contribution in [3.05, 3.63) is 53.9 Å². The van der Waals surface area contributed by atoms with E-state index < -0.39 is 5.82 Å². The lowest BCUT2D eigenvalue weighted by atomic mass is 10.2. The van der Waals surface area contributed by atoms with Crippen molar-refractivity contribution in [2.45, 2.75) is 19.5 Å². The summed E-state index contributed by atoms with van der Waals surface area (Å²) in [6.07, 6.45) is 4.22. The Hall–Kier alpha value is -3.69. The highest BCUT2D eigenvalue weighted by atomic mass is 19.1. The minimum Gasteiger partial charge on any atom is -0.482 e. The van der Waals surface area contributed by atoms with Gasteiger partial charge in [-0.25, -0.2) is 18.9 Å². The van der Waals surface area contributed by atoms with Gasteiger partial charge in [-0.3, -0.25) is 4.79 Å². The number of fused-ring (bicyclic) bond motifs is 1. The number of hydrogen-bond acceptors (Lipinski definition) is 7. The summed E-state index contributed by atoms with van der Waals surface area (Å²) in [6, 6.07) is 1.05. The zero-order chi connectivity index (χ0) is 20.1. The van der Waals surface area contributed by atoms with Gasteiger partial charge in [0.2, 0.25) is 5.88 Å². The molecule has 0 radical (unpaired) electrons. The van der Waals surface area contributed by atoms with Crippen LogP contribution in [0.1, 0.15) is 22.8 Å². The number of nitrogens with one attached hydrogen (secondary N) is 1. The van der Waals surface area contributed by atoms with E-state index in [0.717, 1.165) is 6.20 Å². The minimum absolute atomic E-state index is 0.169. The monoisotopic (exact) mass is 396 g/mol. The molecule has 1 N–H and O–H groups in total. The molecule has 0 unspecified atom stereocenters. The molecule has 10 heteroatoms. The van der Waals surface area contributed by atoms with Crippen LogP contribution >= 0.6 is 0 Å². The Morgan fingerprint density at radius 1 is 1.34 bits per heavy atom. The first-order chi connectivity index (χ1) is 14.0. The Balaban J connectivity index is 1.71. The summed E-state index contributed by atoms with van der Waals surface area (Å²) in [6.45, 7) is 6.49. The molecule has 0 spiro atoms. The van der Waals surface area contributed by atoms with Crippen LogP contribution in [0.15, 0.2) is 36.9 Å². The molecule has 0 aliphatic carbocycles. The average molecular weight is 396 g/mol. The fourth-order valence-electron chi connectivity index (χ4n) is 3.35. The highest BCUT2D eigenvalue weighted by Gasteiger charge is 2.28. The quantitative estimate of drug-likeness (QED) is 0.618. The smallest absolute Gasteiger partial charge is 0.257 e. The van der Waals surface area contributed by atoms with E-state index in [1.165, 1.54) is 16.8 Å². The summed E-state index contributed by atoms with van der Waals surface area (Å²) in [5.74, 6) is 0.438. The molecular weight excluding hydrogens is 379 g/mol. The maximum Gasteiger partial charge on any atom is 0.257 e. The Morgan fingerprint density at radius 2 is 2.21 bits per heavy atom. The van der Waals surface area contributed by atoms with Crippen molar-refractivity contribution in [3.8, 4) is 11.6 Å². The molecule has 1 atom stereocenters. The van der Waals surface area contributed by atoms with Gasteiger partial charge in [-0.05, 0) is 13.0 Å². The SMILES string of the molecule is C=C1COc2cn3ncc4c3nc2N1Cc1cc(F)cnc1OC[C@@H](C)NC4=O. The lowest BCUT2D eigenvalue weighted by Gasteiger charge is -2.32. The third kappa shape index (κ3) is 2.93. The normalized spacial score (nSPS) is 18.8. The second-order valence-corrected chi connectivity index (χ2v) is 7.00. The minimum atomic E-state index is -0.474. The van der Waals surface area contributed by atoms with E-state index in [9.17, 15) is 9.18 Å². The van der Waals surface area contributed by atoms with E-state index in [0.29, 0.717) is 34.0 Å². The van der Waals surface area contributed by atoms with Crippen LogP contribution in [0.25, 0.3) is 5.65 Å². The molecule has 2 aliphatic heterocycles. The molecular formula is C19H17FN6O3. The average Bonchev–Trinajstić information content (AvgIpc) is 3.10. The Kier molecular flexibility index (Phi) is 3.86. The van der Waals surface area contributed by atoms with Gasteiger partial charge in [0.05, 0.1) is 36.9 Å². The van der Waals surface area contributed by atoms with Gasteiger partial charge in [-0.2, -0.15) is 5.10 Å². The number of carbonyl (C=O) groups is 1. The van der Waals surface area contributed by atoms with Crippen molar-refractivity contribution in [3.63, 3.8) is 0 Å². The molecule has 2 aliphatic rings. The van der Waals surface area contributed by atoms with Crippen molar-refractivity contribution in [2.75, 3.05) is 18.1 Å². The number of amides is 1. The van der Waals surface area contributed by atoms with Gasteiger partial charge in [-0.15, -0.1) is 0 Å². The molecule has 0 fully saturated rings. The lowest BCUT2D eigenvalue weighted by Crippen LogP contribution is -2.37. The summed E-state index contributed by atoms with van der Waals surface area (Å²) >= 11 is 0. The largest absolute Gasteiger partial charge is 0.482 e. The molecule has 3 aromatic heterocycles. The van der Waals surface area contributed by atoms with E-state index >= 15 is 0 Å². The number of nitrogens with zero attached hydrogens (tertiary/aromatic N) is 5. The Bertz CT molecular complexity index is 1160. The maximum absolute atomic E-state index is 13.9. The molecule has 3 aromatic rings. The second-order valence-electron chi connectivity index (χ2n) is 7.00. The number of pyridine rings is 1.